The highest BCUT2D eigenvalue weighted by Gasteiger charge is 2.05. The molecule has 0 spiro atoms. The van der Waals surface area contributed by atoms with Gasteiger partial charge in [0.05, 0.1) is 0 Å². The van der Waals surface area contributed by atoms with Crippen molar-refractivity contribution in [2.75, 3.05) is 0 Å². The van der Waals surface area contributed by atoms with Gasteiger partial charge in [0.15, 0.2) is 4.34 Å². The van der Waals surface area contributed by atoms with Crippen LogP contribution < -0.4 is 5.73 Å². The first-order valence-electron chi connectivity index (χ1n) is 5.09. The predicted molar refractivity (Wildman–Crippen MR) is 73.6 cm³/mol. The van der Waals surface area contributed by atoms with Gasteiger partial charge in [-0.15, -0.1) is 10.2 Å². The minimum absolute atomic E-state index is 0.517. The highest BCUT2D eigenvalue weighted by Crippen LogP contribution is 2.29. The molecule has 0 saturated carbocycles. The Labute approximate surface area is 113 Å². The maximum Gasteiger partial charge on any atom is 0.174 e. The van der Waals surface area contributed by atoms with Crippen molar-refractivity contribution < 1.29 is 0 Å². The molecule has 2 rings (SSSR count). The molecule has 90 valence electrons. The first-order chi connectivity index (χ1) is 8.19. The quantitative estimate of drug-likeness (QED) is 0.876. The van der Waals surface area contributed by atoms with Gasteiger partial charge in [-0.25, -0.2) is 0 Å². The molecule has 2 N–H and O–H groups in total. The summed E-state index contributed by atoms with van der Waals surface area (Å²) in [5.41, 5.74) is 7.71. The summed E-state index contributed by atoms with van der Waals surface area (Å²) in [5, 5.41) is 9.79. The Balaban J connectivity index is 2.04. The SMILES string of the molecule is Cc1nnc(SCc2ccc(CN)cc2Cl)s1. The Morgan fingerprint density at radius 3 is 2.82 bits per heavy atom. The van der Waals surface area contributed by atoms with E-state index in [4.69, 9.17) is 17.3 Å². The van der Waals surface area contributed by atoms with Crippen molar-refractivity contribution in [3.05, 3.63) is 39.4 Å². The van der Waals surface area contributed by atoms with Gasteiger partial charge in [-0.3, -0.25) is 0 Å². The zero-order chi connectivity index (χ0) is 12.3. The highest BCUT2D eigenvalue weighted by atomic mass is 35.5. The number of halogens is 1. The van der Waals surface area contributed by atoms with Gasteiger partial charge in [0.2, 0.25) is 0 Å². The van der Waals surface area contributed by atoms with Gasteiger partial charge < -0.3 is 5.73 Å². The fraction of sp³-hybridized carbons (Fsp3) is 0.273. The zero-order valence-corrected chi connectivity index (χ0v) is 11.7. The number of aryl methyl sites for hydroxylation is 1. The van der Waals surface area contributed by atoms with Crippen molar-refractivity contribution in [1.82, 2.24) is 10.2 Å². The molecule has 2 aromatic rings. The molecule has 0 amide bonds. The second kappa shape index (κ2) is 5.82. The van der Waals surface area contributed by atoms with Crippen LogP contribution in [0.15, 0.2) is 22.5 Å². The highest BCUT2D eigenvalue weighted by molar-refractivity contribution is 8.00. The van der Waals surface area contributed by atoms with Crippen LogP contribution in [-0.4, -0.2) is 10.2 Å². The summed E-state index contributed by atoms with van der Waals surface area (Å²) < 4.78 is 0.974. The Morgan fingerprint density at radius 2 is 2.24 bits per heavy atom. The largest absolute Gasteiger partial charge is 0.326 e. The van der Waals surface area contributed by atoms with Crippen LogP contribution >= 0.6 is 34.7 Å². The lowest BCUT2D eigenvalue weighted by molar-refractivity contribution is 0.983. The van der Waals surface area contributed by atoms with Crippen LogP contribution in [0.2, 0.25) is 5.02 Å². The number of nitrogens with two attached hydrogens (primary N) is 1. The van der Waals surface area contributed by atoms with E-state index in [1.807, 2.05) is 25.1 Å². The summed E-state index contributed by atoms with van der Waals surface area (Å²) in [6.07, 6.45) is 0. The van der Waals surface area contributed by atoms with Crippen LogP contribution in [0.1, 0.15) is 16.1 Å². The fourth-order valence-corrected chi connectivity index (χ4v) is 3.48. The van der Waals surface area contributed by atoms with Crippen LogP contribution in [-0.2, 0) is 12.3 Å². The molecule has 0 aliphatic carbocycles. The summed E-state index contributed by atoms with van der Waals surface area (Å²) >= 11 is 9.43. The molecular formula is C11H12ClN3S2. The van der Waals surface area contributed by atoms with E-state index in [9.17, 15) is 0 Å². The van der Waals surface area contributed by atoms with Gasteiger partial charge in [0, 0.05) is 17.3 Å². The van der Waals surface area contributed by atoms with Crippen LogP contribution in [0.3, 0.4) is 0 Å². The van der Waals surface area contributed by atoms with E-state index in [1.165, 1.54) is 0 Å². The lowest BCUT2D eigenvalue weighted by Gasteiger charge is -2.04. The minimum atomic E-state index is 0.517. The van der Waals surface area contributed by atoms with Gasteiger partial charge in [-0.2, -0.15) is 0 Å². The van der Waals surface area contributed by atoms with Gasteiger partial charge >= 0.3 is 0 Å². The summed E-state index contributed by atoms with van der Waals surface area (Å²) in [4.78, 5) is 0. The van der Waals surface area contributed by atoms with Crippen LogP contribution in [0, 0.1) is 6.92 Å². The molecule has 1 aromatic heterocycles. The number of aromatic nitrogens is 2. The molecule has 0 saturated heterocycles. The van der Waals surface area contributed by atoms with Crippen molar-refractivity contribution in [2.45, 2.75) is 23.6 Å². The van der Waals surface area contributed by atoms with E-state index in [0.717, 1.165) is 31.2 Å². The Hall–Kier alpha value is -0.620. The zero-order valence-electron chi connectivity index (χ0n) is 9.31. The van der Waals surface area contributed by atoms with Gasteiger partial charge in [0.25, 0.3) is 0 Å². The molecule has 1 aromatic carbocycles. The van der Waals surface area contributed by atoms with E-state index in [0.29, 0.717) is 6.54 Å². The molecule has 1 heterocycles. The molecule has 0 aliphatic rings. The van der Waals surface area contributed by atoms with Crippen LogP contribution in [0.5, 0.6) is 0 Å². The molecule has 17 heavy (non-hydrogen) atoms. The Morgan fingerprint density at radius 1 is 1.41 bits per heavy atom. The normalized spacial score (nSPS) is 10.8. The van der Waals surface area contributed by atoms with Crippen molar-refractivity contribution in [3.8, 4) is 0 Å². The summed E-state index contributed by atoms with van der Waals surface area (Å²) in [6, 6.07) is 5.95. The van der Waals surface area contributed by atoms with Crippen LogP contribution in [0.25, 0.3) is 0 Å². The molecule has 0 aliphatic heterocycles. The first-order valence-corrected chi connectivity index (χ1v) is 7.27. The lowest BCUT2D eigenvalue weighted by atomic mass is 10.1. The predicted octanol–water partition coefficient (Wildman–Crippen LogP) is 3.25. The fourth-order valence-electron chi connectivity index (χ4n) is 1.31. The van der Waals surface area contributed by atoms with Crippen LogP contribution in [0.4, 0.5) is 0 Å². The maximum absolute atomic E-state index is 6.18. The number of hydrogen-bond acceptors (Lipinski definition) is 5. The average molecular weight is 286 g/mol. The number of thioether (sulfide) groups is 1. The minimum Gasteiger partial charge on any atom is -0.326 e. The molecule has 0 radical (unpaired) electrons. The lowest BCUT2D eigenvalue weighted by Crippen LogP contribution is -1.96. The Bertz CT molecular complexity index is 513. The van der Waals surface area contributed by atoms with Crippen molar-refractivity contribution in [3.63, 3.8) is 0 Å². The standard InChI is InChI=1S/C11H12ClN3S2/c1-7-14-15-11(17-7)16-6-9-3-2-8(5-13)4-10(9)12/h2-4H,5-6,13H2,1H3. The molecule has 0 fully saturated rings. The van der Waals surface area contributed by atoms with E-state index in [-0.39, 0.29) is 0 Å². The second-order valence-corrected chi connectivity index (χ2v) is 6.32. The molecule has 0 unspecified atom stereocenters. The summed E-state index contributed by atoms with van der Waals surface area (Å²) in [5.74, 6) is 0.804. The number of hydrogen-bond donors (Lipinski definition) is 1. The molecule has 0 atom stereocenters. The van der Waals surface area contributed by atoms with E-state index >= 15 is 0 Å². The second-order valence-electron chi connectivity index (χ2n) is 3.51. The third-order valence-corrected chi connectivity index (χ3v) is 4.58. The molecule has 3 nitrogen and oxygen atoms in total. The molecule has 6 heteroatoms. The van der Waals surface area contributed by atoms with E-state index in [1.54, 1.807) is 23.1 Å². The van der Waals surface area contributed by atoms with Crippen molar-refractivity contribution in [1.29, 1.82) is 0 Å². The first kappa shape index (κ1) is 12.8. The third-order valence-electron chi connectivity index (χ3n) is 2.21. The number of rotatable bonds is 4. The van der Waals surface area contributed by atoms with Gasteiger partial charge in [-0.1, -0.05) is 46.8 Å². The van der Waals surface area contributed by atoms with Crippen molar-refractivity contribution in [2.24, 2.45) is 5.73 Å². The molecule has 0 bridgehead atoms. The summed E-state index contributed by atoms with van der Waals surface area (Å²) in [6.45, 7) is 2.47. The smallest absolute Gasteiger partial charge is 0.174 e. The maximum atomic E-state index is 6.18. The topological polar surface area (TPSA) is 51.8 Å². The van der Waals surface area contributed by atoms with E-state index < -0.39 is 0 Å². The monoisotopic (exact) mass is 285 g/mol. The third kappa shape index (κ3) is 3.42. The number of nitrogens with zero attached hydrogens (tertiary/aromatic N) is 2. The molecular weight excluding hydrogens is 274 g/mol. The summed E-state index contributed by atoms with van der Waals surface area (Å²) in [7, 11) is 0. The Kier molecular flexibility index (Phi) is 4.39. The van der Waals surface area contributed by atoms with Gasteiger partial charge in [-0.05, 0) is 24.1 Å². The average Bonchev–Trinajstić information content (AvgIpc) is 2.73. The van der Waals surface area contributed by atoms with E-state index in [2.05, 4.69) is 10.2 Å². The number of benzene rings is 1. The van der Waals surface area contributed by atoms with Gasteiger partial charge in [0.1, 0.15) is 5.01 Å². The van der Waals surface area contributed by atoms with Crippen molar-refractivity contribution >= 4 is 34.7 Å².